The van der Waals surface area contributed by atoms with Gasteiger partial charge >= 0.3 is 0 Å². The first-order chi connectivity index (χ1) is 8.58. The molecule has 2 nitrogen and oxygen atoms in total. The lowest BCUT2D eigenvalue weighted by molar-refractivity contribution is 1.02. The number of benzene rings is 1. The molecule has 0 aliphatic carbocycles. The highest BCUT2D eigenvalue weighted by Gasteiger charge is 2.08. The Bertz CT molecular complexity index is 531. The summed E-state index contributed by atoms with van der Waals surface area (Å²) >= 11 is 19.7. The van der Waals surface area contributed by atoms with Crippen molar-refractivity contribution in [3.05, 3.63) is 43.3 Å². The van der Waals surface area contributed by atoms with Crippen LogP contribution >= 0.6 is 46.1 Å². The van der Waals surface area contributed by atoms with Gasteiger partial charge in [-0.25, -0.2) is 4.98 Å². The third-order valence-electron chi connectivity index (χ3n) is 2.51. The second-order valence-electron chi connectivity index (χ2n) is 3.78. The molecule has 0 aliphatic heterocycles. The molecular weight excluding hydrogens is 311 g/mol. The summed E-state index contributed by atoms with van der Waals surface area (Å²) in [4.78, 5) is 5.48. The summed E-state index contributed by atoms with van der Waals surface area (Å²) in [6.07, 6.45) is 0.895. The van der Waals surface area contributed by atoms with Gasteiger partial charge in [-0.3, -0.25) is 0 Å². The molecule has 0 spiro atoms. The highest BCUT2D eigenvalue weighted by Crippen LogP contribution is 2.33. The minimum absolute atomic E-state index is 0.536. The predicted octanol–water partition coefficient (Wildman–Crippen LogP) is 5.07. The van der Waals surface area contributed by atoms with E-state index in [1.165, 1.54) is 4.88 Å². The molecule has 1 heterocycles. The van der Waals surface area contributed by atoms with Crippen LogP contribution < -0.4 is 5.32 Å². The Balaban J connectivity index is 2.01. The zero-order chi connectivity index (χ0) is 13.1. The van der Waals surface area contributed by atoms with Crippen LogP contribution in [0.2, 0.25) is 15.1 Å². The molecule has 0 bridgehead atoms. The van der Waals surface area contributed by atoms with E-state index in [1.807, 2.05) is 12.4 Å². The standard InChI is InChI=1S/C12H11Cl3N2S/c1-7-11(18-6-17-7)2-3-16-12-9(14)4-8(13)5-10(12)15/h4-6,16H,2-3H2,1H3. The van der Waals surface area contributed by atoms with Crippen molar-refractivity contribution < 1.29 is 0 Å². The molecule has 2 rings (SSSR count). The van der Waals surface area contributed by atoms with Crippen molar-refractivity contribution in [3.63, 3.8) is 0 Å². The van der Waals surface area contributed by atoms with E-state index in [2.05, 4.69) is 10.3 Å². The molecule has 1 N–H and O–H groups in total. The van der Waals surface area contributed by atoms with Gasteiger partial charge in [-0.1, -0.05) is 34.8 Å². The van der Waals surface area contributed by atoms with Crippen LogP contribution in [0.4, 0.5) is 5.69 Å². The molecule has 0 atom stereocenters. The highest BCUT2D eigenvalue weighted by atomic mass is 35.5. The van der Waals surface area contributed by atoms with Crippen LogP contribution in [0.1, 0.15) is 10.6 Å². The van der Waals surface area contributed by atoms with Crippen LogP contribution in [-0.2, 0) is 6.42 Å². The van der Waals surface area contributed by atoms with Crippen molar-refractivity contribution >= 4 is 51.8 Å². The molecule has 2 aromatic rings. The van der Waals surface area contributed by atoms with Crippen LogP contribution in [0.3, 0.4) is 0 Å². The highest BCUT2D eigenvalue weighted by molar-refractivity contribution is 7.09. The first-order valence-electron chi connectivity index (χ1n) is 5.35. The Morgan fingerprint density at radius 3 is 2.44 bits per heavy atom. The molecule has 0 unspecified atom stereocenters. The van der Waals surface area contributed by atoms with Gasteiger partial charge in [-0.15, -0.1) is 11.3 Å². The summed E-state index contributed by atoms with van der Waals surface area (Å²) < 4.78 is 0. The fraction of sp³-hybridized carbons (Fsp3) is 0.250. The van der Waals surface area contributed by atoms with Crippen molar-refractivity contribution in [1.29, 1.82) is 0 Å². The van der Waals surface area contributed by atoms with E-state index in [9.17, 15) is 0 Å². The van der Waals surface area contributed by atoms with E-state index >= 15 is 0 Å². The molecule has 18 heavy (non-hydrogen) atoms. The van der Waals surface area contributed by atoms with Gasteiger partial charge < -0.3 is 5.32 Å². The minimum atomic E-state index is 0.536. The van der Waals surface area contributed by atoms with E-state index in [1.54, 1.807) is 23.5 Å². The number of anilines is 1. The van der Waals surface area contributed by atoms with Gasteiger partial charge in [-0.2, -0.15) is 0 Å². The fourth-order valence-corrected chi connectivity index (χ4v) is 3.31. The minimum Gasteiger partial charge on any atom is -0.382 e. The third-order valence-corrected chi connectivity index (χ3v) is 4.31. The van der Waals surface area contributed by atoms with Gasteiger partial charge in [0.15, 0.2) is 0 Å². The maximum atomic E-state index is 6.09. The van der Waals surface area contributed by atoms with Gasteiger partial charge in [0.1, 0.15) is 0 Å². The number of hydrogen-bond donors (Lipinski definition) is 1. The summed E-state index contributed by atoms with van der Waals surface area (Å²) in [5.74, 6) is 0. The quantitative estimate of drug-likeness (QED) is 0.850. The van der Waals surface area contributed by atoms with Crippen molar-refractivity contribution in [2.45, 2.75) is 13.3 Å². The molecule has 0 saturated carbocycles. The summed E-state index contributed by atoms with van der Waals surface area (Å²) in [7, 11) is 0. The van der Waals surface area contributed by atoms with Crippen LogP contribution in [0.5, 0.6) is 0 Å². The molecule has 1 aromatic carbocycles. The average molecular weight is 322 g/mol. The molecule has 6 heteroatoms. The molecule has 96 valence electrons. The lowest BCUT2D eigenvalue weighted by Gasteiger charge is -2.10. The van der Waals surface area contributed by atoms with E-state index in [4.69, 9.17) is 34.8 Å². The van der Waals surface area contributed by atoms with Gasteiger partial charge in [0.2, 0.25) is 0 Å². The molecule has 0 radical (unpaired) electrons. The largest absolute Gasteiger partial charge is 0.382 e. The van der Waals surface area contributed by atoms with Gasteiger partial charge in [0.25, 0.3) is 0 Å². The predicted molar refractivity (Wildman–Crippen MR) is 80.5 cm³/mol. The summed E-state index contributed by atoms with van der Waals surface area (Å²) in [6.45, 7) is 2.76. The number of aromatic nitrogens is 1. The van der Waals surface area contributed by atoms with Crippen LogP contribution in [-0.4, -0.2) is 11.5 Å². The topological polar surface area (TPSA) is 24.9 Å². The maximum absolute atomic E-state index is 6.09. The van der Waals surface area contributed by atoms with E-state index < -0.39 is 0 Å². The number of nitrogens with one attached hydrogen (secondary N) is 1. The Morgan fingerprint density at radius 1 is 1.22 bits per heavy atom. The molecule has 0 fully saturated rings. The van der Waals surface area contributed by atoms with Crippen molar-refractivity contribution in [2.75, 3.05) is 11.9 Å². The van der Waals surface area contributed by atoms with Crippen LogP contribution in [0.25, 0.3) is 0 Å². The number of nitrogens with zero attached hydrogens (tertiary/aromatic N) is 1. The SMILES string of the molecule is Cc1ncsc1CCNc1c(Cl)cc(Cl)cc1Cl. The smallest absolute Gasteiger partial charge is 0.0797 e. The lowest BCUT2D eigenvalue weighted by Crippen LogP contribution is -2.05. The lowest BCUT2D eigenvalue weighted by atomic mass is 10.2. The first kappa shape index (κ1) is 13.9. The number of aryl methyl sites for hydroxylation is 1. The average Bonchev–Trinajstić information content (AvgIpc) is 2.68. The fourth-order valence-electron chi connectivity index (χ4n) is 1.58. The van der Waals surface area contributed by atoms with Crippen molar-refractivity contribution in [2.24, 2.45) is 0 Å². The molecule has 0 aliphatic rings. The third kappa shape index (κ3) is 3.29. The van der Waals surface area contributed by atoms with Crippen molar-refractivity contribution in [1.82, 2.24) is 4.98 Å². The van der Waals surface area contributed by atoms with E-state index in [-0.39, 0.29) is 0 Å². The number of hydrogen-bond acceptors (Lipinski definition) is 3. The Morgan fingerprint density at radius 2 is 1.89 bits per heavy atom. The van der Waals surface area contributed by atoms with Crippen molar-refractivity contribution in [3.8, 4) is 0 Å². The van der Waals surface area contributed by atoms with E-state index in [0.29, 0.717) is 15.1 Å². The second-order valence-corrected chi connectivity index (χ2v) is 5.97. The number of rotatable bonds is 4. The number of thiazole rings is 1. The second kappa shape index (κ2) is 6.11. The van der Waals surface area contributed by atoms with Crippen LogP contribution in [0, 0.1) is 6.92 Å². The molecule has 0 amide bonds. The Kier molecular flexibility index (Phi) is 4.73. The maximum Gasteiger partial charge on any atom is 0.0797 e. The number of halogens is 3. The first-order valence-corrected chi connectivity index (χ1v) is 7.36. The zero-order valence-corrected chi connectivity index (χ0v) is 12.7. The summed E-state index contributed by atoms with van der Waals surface area (Å²) in [5.41, 5.74) is 3.66. The van der Waals surface area contributed by atoms with Gasteiger partial charge in [-0.05, 0) is 19.1 Å². The van der Waals surface area contributed by atoms with Gasteiger partial charge in [0, 0.05) is 22.9 Å². The van der Waals surface area contributed by atoms with Gasteiger partial charge in [0.05, 0.1) is 26.9 Å². The van der Waals surface area contributed by atoms with E-state index in [0.717, 1.165) is 24.3 Å². The summed E-state index contributed by atoms with van der Waals surface area (Å²) in [5, 5.41) is 4.84. The zero-order valence-electron chi connectivity index (χ0n) is 9.64. The monoisotopic (exact) mass is 320 g/mol. The van der Waals surface area contributed by atoms with Crippen LogP contribution in [0.15, 0.2) is 17.6 Å². The normalized spacial score (nSPS) is 10.7. The Labute approximate surface area is 125 Å². The molecule has 1 aromatic heterocycles. The molecule has 0 saturated heterocycles. The molecular formula is C12H11Cl3N2S. The Hall–Kier alpha value is -0.480. The summed E-state index contributed by atoms with van der Waals surface area (Å²) in [6, 6.07) is 3.35.